The molecule has 0 fully saturated rings. The molecule has 144 valence electrons. The number of carbonyl (C=O) groups is 2. The second-order valence-corrected chi connectivity index (χ2v) is 8.12. The molecule has 2 aromatic carbocycles. The standard InChI is InChI=1S/C18H19ClN2O5S/c1-13-6-3-4-9-16(13)20-17(22)12-26-18(23)11-21(27(2,24)25)15-8-5-7-14(19)10-15/h3-10H,11-12H2,1-2H3,(H,20,22). The molecule has 2 aromatic rings. The van der Waals surface area contributed by atoms with Crippen LogP contribution in [0.5, 0.6) is 0 Å². The summed E-state index contributed by atoms with van der Waals surface area (Å²) in [5.74, 6) is -1.38. The van der Waals surface area contributed by atoms with Gasteiger partial charge in [-0.3, -0.25) is 13.9 Å². The largest absolute Gasteiger partial charge is 0.454 e. The number of nitrogens with zero attached hydrogens (tertiary/aromatic N) is 1. The molecule has 0 aliphatic heterocycles. The third-order valence-corrected chi connectivity index (χ3v) is 4.93. The summed E-state index contributed by atoms with van der Waals surface area (Å²) in [6, 6.07) is 13.2. The highest BCUT2D eigenvalue weighted by Crippen LogP contribution is 2.21. The van der Waals surface area contributed by atoms with Gasteiger partial charge in [-0.25, -0.2) is 8.42 Å². The van der Waals surface area contributed by atoms with E-state index in [4.69, 9.17) is 16.3 Å². The second kappa shape index (κ2) is 8.88. The fourth-order valence-corrected chi connectivity index (χ4v) is 3.26. The monoisotopic (exact) mass is 410 g/mol. The number of ether oxygens (including phenoxy) is 1. The molecule has 0 bridgehead atoms. The van der Waals surface area contributed by atoms with Gasteiger partial charge in [0.05, 0.1) is 11.9 Å². The first-order valence-corrected chi connectivity index (χ1v) is 10.1. The van der Waals surface area contributed by atoms with Gasteiger partial charge >= 0.3 is 5.97 Å². The Balaban J connectivity index is 1.98. The number of amides is 1. The number of aryl methyl sites for hydroxylation is 1. The van der Waals surface area contributed by atoms with Crippen molar-refractivity contribution in [2.24, 2.45) is 0 Å². The van der Waals surface area contributed by atoms with Gasteiger partial charge in [0, 0.05) is 10.7 Å². The van der Waals surface area contributed by atoms with Crippen molar-refractivity contribution in [3.63, 3.8) is 0 Å². The van der Waals surface area contributed by atoms with E-state index < -0.39 is 35.1 Å². The number of nitrogens with one attached hydrogen (secondary N) is 1. The number of para-hydroxylation sites is 1. The molecule has 0 heterocycles. The molecule has 0 unspecified atom stereocenters. The van der Waals surface area contributed by atoms with Gasteiger partial charge in [0.1, 0.15) is 6.54 Å². The third kappa shape index (κ3) is 6.26. The van der Waals surface area contributed by atoms with Gasteiger partial charge < -0.3 is 10.1 Å². The predicted octanol–water partition coefficient (Wildman–Crippen LogP) is 2.60. The van der Waals surface area contributed by atoms with E-state index in [0.29, 0.717) is 10.7 Å². The van der Waals surface area contributed by atoms with E-state index in [9.17, 15) is 18.0 Å². The summed E-state index contributed by atoms with van der Waals surface area (Å²) in [7, 11) is -3.75. The number of rotatable bonds is 7. The second-order valence-electron chi connectivity index (χ2n) is 5.77. The van der Waals surface area contributed by atoms with Crippen molar-refractivity contribution in [3.05, 3.63) is 59.1 Å². The van der Waals surface area contributed by atoms with Crippen molar-refractivity contribution in [3.8, 4) is 0 Å². The molecule has 0 spiro atoms. The maximum Gasteiger partial charge on any atom is 0.327 e. The van der Waals surface area contributed by atoms with Crippen LogP contribution in [0.25, 0.3) is 0 Å². The maximum atomic E-state index is 12.0. The average Bonchev–Trinajstić information content (AvgIpc) is 2.59. The van der Waals surface area contributed by atoms with Crippen LogP contribution in [0.3, 0.4) is 0 Å². The van der Waals surface area contributed by atoms with Crippen molar-refractivity contribution in [1.29, 1.82) is 0 Å². The first-order chi connectivity index (χ1) is 12.7. The third-order valence-electron chi connectivity index (χ3n) is 3.55. The molecule has 2 rings (SSSR count). The maximum absolute atomic E-state index is 12.0. The molecule has 0 radical (unpaired) electrons. The lowest BCUT2D eigenvalue weighted by Crippen LogP contribution is -2.36. The normalized spacial score (nSPS) is 10.9. The molecule has 7 nitrogen and oxygen atoms in total. The van der Waals surface area contributed by atoms with Crippen molar-refractivity contribution >= 4 is 44.9 Å². The van der Waals surface area contributed by atoms with Crippen LogP contribution in [0.1, 0.15) is 5.56 Å². The van der Waals surface area contributed by atoms with Crippen LogP contribution in [0.2, 0.25) is 5.02 Å². The van der Waals surface area contributed by atoms with Gasteiger partial charge in [0.2, 0.25) is 10.0 Å². The smallest absolute Gasteiger partial charge is 0.327 e. The van der Waals surface area contributed by atoms with E-state index in [1.54, 1.807) is 24.3 Å². The van der Waals surface area contributed by atoms with Crippen LogP contribution < -0.4 is 9.62 Å². The van der Waals surface area contributed by atoms with E-state index in [1.165, 1.54) is 12.1 Å². The molecule has 1 amide bonds. The first kappa shape index (κ1) is 20.7. The molecular weight excluding hydrogens is 392 g/mol. The van der Waals surface area contributed by atoms with Crippen LogP contribution in [-0.2, 0) is 24.3 Å². The molecular formula is C18H19ClN2O5S. The summed E-state index contributed by atoms with van der Waals surface area (Å²) >= 11 is 5.88. The van der Waals surface area contributed by atoms with Crippen LogP contribution >= 0.6 is 11.6 Å². The molecule has 0 saturated carbocycles. The first-order valence-electron chi connectivity index (χ1n) is 7.91. The van der Waals surface area contributed by atoms with Gasteiger partial charge in [0.15, 0.2) is 6.61 Å². The lowest BCUT2D eigenvalue weighted by atomic mass is 10.2. The molecule has 0 aromatic heterocycles. The van der Waals surface area contributed by atoms with E-state index in [-0.39, 0.29) is 5.69 Å². The topological polar surface area (TPSA) is 92.8 Å². The molecule has 0 saturated heterocycles. The Morgan fingerprint density at radius 1 is 1.15 bits per heavy atom. The molecule has 9 heteroatoms. The summed E-state index contributed by atoms with van der Waals surface area (Å²) in [5.41, 5.74) is 1.70. The average molecular weight is 411 g/mol. The lowest BCUT2D eigenvalue weighted by Gasteiger charge is -2.21. The van der Waals surface area contributed by atoms with Crippen LogP contribution in [0.4, 0.5) is 11.4 Å². The van der Waals surface area contributed by atoms with Gasteiger partial charge in [-0.05, 0) is 36.8 Å². The summed E-state index contributed by atoms with van der Waals surface area (Å²) in [4.78, 5) is 24.0. The molecule has 1 N–H and O–H groups in total. The number of anilines is 2. The highest BCUT2D eigenvalue weighted by Gasteiger charge is 2.22. The Hall–Kier alpha value is -2.58. The molecule has 0 atom stereocenters. The van der Waals surface area contributed by atoms with Gasteiger partial charge in [-0.15, -0.1) is 0 Å². The summed E-state index contributed by atoms with van der Waals surface area (Å²) in [5, 5.41) is 2.95. The van der Waals surface area contributed by atoms with Gasteiger partial charge in [0.25, 0.3) is 5.91 Å². The van der Waals surface area contributed by atoms with E-state index in [0.717, 1.165) is 16.1 Å². The Morgan fingerprint density at radius 2 is 1.85 bits per heavy atom. The zero-order valence-corrected chi connectivity index (χ0v) is 16.4. The van der Waals surface area contributed by atoms with E-state index in [1.807, 2.05) is 19.1 Å². The fraction of sp³-hybridized carbons (Fsp3) is 0.222. The molecule has 0 aliphatic rings. The van der Waals surface area contributed by atoms with Crippen LogP contribution in [0, 0.1) is 6.92 Å². The van der Waals surface area contributed by atoms with Crippen LogP contribution in [0.15, 0.2) is 48.5 Å². The number of carbonyl (C=O) groups excluding carboxylic acids is 2. The summed E-state index contributed by atoms with van der Waals surface area (Å²) in [6.07, 6.45) is 0.964. The Labute approximate surface area is 162 Å². The van der Waals surface area contributed by atoms with Crippen molar-refractivity contribution in [1.82, 2.24) is 0 Å². The fourth-order valence-electron chi connectivity index (χ4n) is 2.24. The highest BCUT2D eigenvalue weighted by molar-refractivity contribution is 7.92. The lowest BCUT2D eigenvalue weighted by molar-refractivity contribution is -0.145. The van der Waals surface area contributed by atoms with Crippen molar-refractivity contribution < 1.29 is 22.7 Å². The van der Waals surface area contributed by atoms with Gasteiger partial charge in [-0.2, -0.15) is 0 Å². The molecule has 27 heavy (non-hydrogen) atoms. The zero-order chi connectivity index (χ0) is 20.0. The van der Waals surface area contributed by atoms with E-state index in [2.05, 4.69) is 5.32 Å². The number of esters is 1. The number of hydrogen-bond acceptors (Lipinski definition) is 5. The zero-order valence-electron chi connectivity index (χ0n) is 14.8. The summed E-state index contributed by atoms with van der Waals surface area (Å²) < 4.78 is 29.7. The minimum Gasteiger partial charge on any atom is -0.454 e. The number of sulfonamides is 1. The number of hydrogen-bond donors (Lipinski definition) is 1. The summed E-state index contributed by atoms with van der Waals surface area (Å²) in [6.45, 7) is 0.730. The van der Waals surface area contributed by atoms with E-state index >= 15 is 0 Å². The number of halogens is 1. The van der Waals surface area contributed by atoms with Crippen LogP contribution in [-0.4, -0.2) is 39.7 Å². The minimum atomic E-state index is -3.75. The quantitative estimate of drug-likeness (QED) is 0.708. The highest BCUT2D eigenvalue weighted by atomic mass is 35.5. The van der Waals surface area contributed by atoms with Crippen molar-refractivity contribution in [2.45, 2.75) is 6.92 Å². The van der Waals surface area contributed by atoms with Gasteiger partial charge in [-0.1, -0.05) is 35.9 Å². The SMILES string of the molecule is Cc1ccccc1NC(=O)COC(=O)CN(c1cccc(Cl)c1)S(C)(=O)=O. The molecule has 0 aliphatic carbocycles. The Kier molecular flexibility index (Phi) is 6.81. The Morgan fingerprint density at radius 3 is 2.48 bits per heavy atom. The number of benzene rings is 2. The predicted molar refractivity (Wildman–Crippen MR) is 104 cm³/mol. The Bertz CT molecular complexity index is 946. The minimum absolute atomic E-state index is 0.228. The van der Waals surface area contributed by atoms with Crippen molar-refractivity contribution in [2.75, 3.05) is 29.0 Å².